The van der Waals surface area contributed by atoms with E-state index in [1.807, 2.05) is 45.0 Å². The molecule has 1 fully saturated rings. The lowest BCUT2D eigenvalue weighted by Crippen LogP contribution is -2.74. The van der Waals surface area contributed by atoms with Gasteiger partial charge < -0.3 is 18.8 Å². The van der Waals surface area contributed by atoms with Crippen molar-refractivity contribution < 1.29 is 28.3 Å². The minimum absolute atomic E-state index is 0.137. The number of likely N-dealkylation sites (tertiary alicyclic amines) is 1. The van der Waals surface area contributed by atoms with Gasteiger partial charge in [-0.05, 0) is 75.0 Å². The molecule has 2 unspecified atom stereocenters. The van der Waals surface area contributed by atoms with Crippen LogP contribution in [0.1, 0.15) is 62.3 Å². The second-order valence-electron chi connectivity index (χ2n) is 13.2. The maximum Gasteiger partial charge on any atom is 0.332 e. The third-order valence-corrected chi connectivity index (χ3v) is 12.3. The van der Waals surface area contributed by atoms with Crippen LogP contribution >= 0.6 is 32.9 Å². The zero-order valence-electron chi connectivity index (χ0n) is 26.0. The molecule has 1 aliphatic heterocycles. The summed E-state index contributed by atoms with van der Waals surface area (Å²) in [7, 11) is 1.50. The van der Waals surface area contributed by atoms with E-state index in [2.05, 4.69) is 33.9 Å². The Bertz CT molecular complexity index is 1220. The van der Waals surface area contributed by atoms with Crippen LogP contribution in [-0.2, 0) is 28.3 Å². The van der Waals surface area contributed by atoms with Gasteiger partial charge in [-0.15, -0.1) is 11.3 Å². The van der Waals surface area contributed by atoms with Gasteiger partial charge in [0.15, 0.2) is 13.4 Å². The van der Waals surface area contributed by atoms with Gasteiger partial charge in [0.1, 0.15) is 11.4 Å². The van der Waals surface area contributed by atoms with E-state index in [0.717, 1.165) is 14.6 Å². The van der Waals surface area contributed by atoms with Crippen LogP contribution in [0.15, 0.2) is 28.6 Å². The Morgan fingerprint density at radius 1 is 1.07 bits per heavy atom. The monoisotopic (exact) mass is 640 g/mol. The first-order chi connectivity index (χ1) is 18.9. The van der Waals surface area contributed by atoms with Crippen molar-refractivity contribution in [1.82, 2.24) is 9.88 Å². The smallest absolute Gasteiger partial charge is 0.332 e. The second-order valence-corrected chi connectivity index (χ2v) is 19.1. The van der Waals surface area contributed by atoms with E-state index < -0.39 is 50.7 Å². The highest BCUT2D eigenvalue weighted by atomic mass is 33.1. The van der Waals surface area contributed by atoms with Crippen molar-refractivity contribution in [3.05, 3.63) is 24.3 Å². The number of hydrogen-bond acceptors (Lipinski definition) is 10. The summed E-state index contributed by atoms with van der Waals surface area (Å²) in [4.78, 5) is 46.1. The molecule has 8 nitrogen and oxygen atoms in total. The molecule has 1 aliphatic rings. The van der Waals surface area contributed by atoms with Gasteiger partial charge in [-0.3, -0.25) is 9.59 Å². The van der Waals surface area contributed by atoms with Crippen LogP contribution in [0.25, 0.3) is 10.2 Å². The number of β-lactam (4-membered cyclic amide) rings is 1. The van der Waals surface area contributed by atoms with Gasteiger partial charge in [-0.2, -0.15) is 0 Å². The van der Waals surface area contributed by atoms with Crippen LogP contribution in [0.2, 0.25) is 13.1 Å². The number of esters is 2. The second kappa shape index (κ2) is 12.9. The first-order valence-corrected chi connectivity index (χ1v) is 19.7. The zero-order valence-corrected chi connectivity index (χ0v) is 29.6. The number of rotatable bonds is 11. The normalized spacial score (nSPS) is 20.2. The van der Waals surface area contributed by atoms with Gasteiger partial charge in [-0.1, -0.05) is 57.5 Å². The summed E-state index contributed by atoms with van der Waals surface area (Å²) in [6.45, 7) is 21.0. The summed E-state index contributed by atoms with van der Waals surface area (Å²) < 4.78 is 19.2. The van der Waals surface area contributed by atoms with E-state index in [1.54, 1.807) is 37.0 Å². The number of ether oxygens (including phenoxy) is 2. The van der Waals surface area contributed by atoms with Gasteiger partial charge in [0.25, 0.3) is 0 Å². The lowest BCUT2D eigenvalue weighted by molar-refractivity contribution is -0.194. The molecule has 228 valence electrons. The van der Waals surface area contributed by atoms with E-state index >= 15 is 0 Å². The predicted molar refractivity (Wildman–Crippen MR) is 170 cm³/mol. The van der Waals surface area contributed by atoms with Crippen LogP contribution in [0, 0.1) is 22.7 Å². The van der Waals surface area contributed by atoms with Crippen molar-refractivity contribution in [3.8, 4) is 0 Å². The molecular weight excluding hydrogens is 597 g/mol. The molecule has 0 N–H and O–H groups in total. The molecule has 1 aromatic heterocycles. The minimum Gasteiger partial charge on any atom is -0.427 e. The number of hydrogen-bond donors (Lipinski definition) is 0. The Hall–Kier alpha value is -1.60. The number of nitrogens with zero attached hydrogens (tertiary/aromatic N) is 2. The quantitative estimate of drug-likeness (QED) is 0.0870. The van der Waals surface area contributed by atoms with Crippen LogP contribution < -0.4 is 0 Å². The fourth-order valence-electron chi connectivity index (χ4n) is 4.72. The van der Waals surface area contributed by atoms with Crippen molar-refractivity contribution in [3.63, 3.8) is 0 Å². The maximum atomic E-state index is 14.1. The Balaban J connectivity index is 1.91. The van der Waals surface area contributed by atoms with Crippen LogP contribution in [-0.4, -0.2) is 60.6 Å². The average Bonchev–Trinajstić information content (AvgIpc) is 3.25. The Morgan fingerprint density at radius 3 is 2.24 bits per heavy atom. The van der Waals surface area contributed by atoms with Gasteiger partial charge in [0, 0.05) is 0 Å². The Labute approximate surface area is 257 Å². The molecule has 0 radical (unpaired) electrons. The molecule has 1 amide bonds. The fraction of sp³-hybridized carbons (Fsp3) is 0.655. The number of benzene rings is 1. The number of aromatic nitrogens is 1. The molecule has 0 saturated carbocycles. The highest BCUT2D eigenvalue weighted by Crippen LogP contribution is 2.55. The number of thiazole rings is 1. The highest BCUT2D eigenvalue weighted by Gasteiger charge is 2.64. The van der Waals surface area contributed by atoms with E-state index in [0.29, 0.717) is 0 Å². The fourth-order valence-corrected chi connectivity index (χ4v) is 10.4. The molecule has 1 saturated heterocycles. The van der Waals surface area contributed by atoms with Crippen LogP contribution in [0.5, 0.6) is 0 Å². The zero-order chi connectivity index (χ0) is 30.9. The molecule has 3 rings (SSSR count). The average molecular weight is 641 g/mol. The first kappa shape index (κ1) is 33.9. The van der Waals surface area contributed by atoms with E-state index in [1.165, 1.54) is 21.6 Å². The molecule has 4 atom stereocenters. The SMILES string of the molecule is CC(C)C(C(=O)OCOC(=O)C(C)(C)C)N1C(=O)[C@@H](C(C)(O[SiH](C)C)C(C)(C)C)[C@H]1SSc1nc2ccccc2s1. The summed E-state index contributed by atoms with van der Waals surface area (Å²) in [5.74, 6) is -1.91. The van der Waals surface area contributed by atoms with E-state index in [-0.39, 0.29) is 22.6 Å². The van der Waals surface area contributed by atoms with Crippen molar-refractivity contribution in [2.75, 3.05) is 6.79 Å². The third-order valence-electron chi connectivity index (χ3n) is 7.31. The van der Waals surface area contributed by atoms with Crippen LogP contribution in [0.4, 0.5) is 0 Å². The number of para-hydroxylation sites is 1. The largest absolute Gasteiger partial charge is 0.427 e. The molecule has 2 heterocycles. The van der Waals surface area contributed by atoms with Crippen molar-refractivity contribution in [1.29, 1.82) is 0 Å². The standard InChI is InChI=1S/C29H44N2O6S3Si/c1-17(2)21(24(33)35-16-36-25(34)27(3,4)5)31-22(32)20(29(9,28(6,7)8)37-41(10)11)23(31)39-40-26-30-18-14-12-13-15-19(18)38-26/h12-15,17,20-21,23,41H,16H2,1-11H3/t20-,21?,23-,29?/m1/s1. The molecule has 0 spiro atoms. The minimum atomic E-state index is -1.55. The lowest BCUT2D eigenvalue weighted by Gasteiger charge is -2.59. The Kier molecular flexibility index (Phi) is 10.7. The summed E-state index contributed by atoms with van der Waals surface area (Å²) in [5.41, 5.74) is -0.881. The van der Waals surface area contributed by atoms with Gasteiger partial charge in [0.05, 0.1) is 27.2 Å². The van der Waals surface area contributed by atoms with E-state index in [4.69, 9.17) is 18.9 Å². The maximum absolute atomic E-state index is 14.1. The van der Waals surface area contributed by atoms with Gasteiger partial charge >= 0.3 is 11.9 Å². The molecule has 0 aliphatic carbocycles. The van der Waals surface area contributed by atoms with Gasteiger partial charge in [-0.25, -0.2) is 9.78 Å². The van der Waals surface area contributed by atoms with Crippen molar-refractivity contribution in [2.45, 2.75) is 96.8 Å². The molecular formula is C29H44N2O6S3Si. The summed E-state index contributed by atoms with van der Waals surface area (Å²) in [5, 5.41) is -0.367. The lowest BCUT2D eigenvalue weighted by atomic mass is 9.66. The third kappa shape index (κ3) is 7.49. The van der Waals surface area contributed by atoms with Crippen molar-refractivity contribution >= 4 is 70.0 Å². The number of carbonyl (C=O) groups excluding carboxylic acids is 3. The topological polar surface area (TPSA) is 95.0 Å². The number of amides is 1. The molecule has 41 heavy (non-hydrogen) atoms. The molecule has 0 bridgehead atoms. The number of fused-ring (bicyclic) bond motifs is 1. The van der Waals surface area contributed by atoms with Gasteiger partial charge in [0.2, 0.25) is 12.7 Å². The van der Waals surface area contributed by atoms with E-state index in [9.17, 15) is 14.4 Å². The summed E-state index contributed by atoms with van der Waals surface area (Å²) in [6.07, 6.45) is 0. The molecule has 1 aromatic carbocycles. The highest BCUT2D eigenvalue weighted by molar-refractivity contribution is 8.77. The Morgan fingerprint density at radius 2 is 1.71 bits per heavy atom. The number of carbonyl (C=O) groups is 3. The predicted octanol–water partition coefficient (Wildman–Crippen LogP) is 6.74. The van der Waals surface area contributed by atoms with Crippen molar-refractivity contribution in [2.24, 2.45) is 22.7 Å². The summed E-state index contributed by atoms with van der Waals surface area (Å²) in [6, 6.07) is 7.13. The van der Waals surface area contributed by atoms with Crippen LogP contribution in [0.3, 0.4) is 0 Å². The molecule has 2 aromatic rings. The first-order valence-electron chi connectivity index (χ1n) is 13.9. The summed E-state index contributed by atoms with van der Waals surface area (Å²) >= 11 is 1.60. The molecule has 12 heteroatoms.